The lowest BCUT2D eigenvalue weighted by molar-refractivity contribution is 0.0938. The van der Waals surface area contributed by atoms with Crippen molar-refractivity contribution < 1.29 is 14.6 Å². The molecule has 0 saturated heterocycles. The normalized spacial score (nSPS) is 19.7. The predicted molar refractivity (Wildman–Crippen MR) is 103 cm³/mol. The molecule has 138 valence electrons. The molecule has 3 rings (SSSR count). The quantitative estimate of drug-likeness (QED) is 0.774. The molecule has 1 aliphatic carbocycles. The smallest absolute Gasteiger partial charge is 0.251 e. The number of phenolic OH excluding ortho intramolecular Hbond substituents is 1. The van der Waals surface area contributed by atoms with E-state index in [9.17, 15) is 9.90 Å². The van der Waals surface area contributed by atoms with Crippen LogP contribution in [0.4, 0.5) is 0 Å². The zero-order valence-corrected chi connectivity index (χ0v) is 15.4. The standard InChI is InChI=1S/C21H24ClNO3/c22-18-7-11-20(12-8-18)26-14-16-3-1-15(2-4-16)13-23-21(25)17-5-9-19(24)10-6-17/h5-12,15-16,24H,1-4,13-14H2,(H,23,25). The minimum Gasteiger partial charge on any atom is -0.508 e. The Morgan fingerprint density at radius 3 is 2.27 bits per heavy atom. The Kier molecular flexibility index (Phi) is 6.40. The van der Waals surface area contributed by atoms with Crippen molar-refractivity contribution in [2.45, 2.75) is 25.7 Å². The number of nitrogens with one attached hydrogen (secondary N) is 1. The Hall–Kier alpha value is -2.20. The van der Waals surface area contributed by atoms with Crippen LogP contribution in [0.3, 0.4) is 0 Å². The van der Waals surface area contributed by atoms with Gasteiger partial charge in [0.2, 0.25) is 0 Å². The number of halogens is 1. The molecule has 0 radical (unpaired) electrons. The lowest BCUT2D eigenvalue weighted by atomic mass is 9.82. The van der Waals surface area contributed by atoms with Crippen LogP contribution in [0, 0.1) is 11.8 Å². The van der Waals surface area contributed by atoms with E-state index in [-0.39, 0.29) is 11.7 Å². The number of ether oxygens (including phenoxy) is 1. The minimum absolute atomic E-state index is 0.0850. The average molecular weight is 374 g/mol. The molecule has 1 fully saturated rings. The third-order valence-corrected chi connectivity index (χ3v) is 5.20. The predicted octanol–water partition coefficient (Wildman–Crippen LogP) is 4.66. The van der Waals surface area contributed by atoms with Gasteiger partial charge in [0.05, 0.1) is 6.61 Å². The zero-order valence-electron chi connectivity index (χ0n) is 14.7. The lowest BCUT2D eigenvalue weighted by Crippen LogP contribution is -2.32. The van der Waals surface area contributed by atoms with Crippen LogP contribution in [-0.4, -0.2) is 24.2 Å². The summed E-state index contributed by atoms with van der Waals surface area (Å²) in [5.41, 5.74) is 0.577. The number of aromatic hydroxyl groups is 1. The molecule has 0 bridgehead atoms. The molecule has 0 unspecified atom stereocenters. The largest absolute Gasteiger partial charge is 0.508 e. The summed E-state index contributed by atoms with van der Waals surface area (Å²) < 4.78 is 5.85. The van der Waals surface area contributed by atoms with Gasteiger partial charge in [0, 0.05) is 17.1 Å². The van der Waals surface area contributed by atoms with Crippen LogP contribution >= 0.6 is 11.6 Å². The van der Waals surface area contributed by atoms with Crippen LogP contribution < -0.4 is 10.1 Å². The third kappa shape index (κ3) is 5.40. The van der Waals surface area contributed by atoms with Crippen LogP contribution in [0.25, 0.3) is 0 Å². The second-order valence-corrected chi connectivity index (χ2v) is 7.35. The highest BCUT2D eigenvalue weighted by atomic mass is 35.5. The molecule has 1 amide bonds. The van der Waals surface area contributed by atoms with Crippen molar-refractivity contribution in [1.29, 1.82) is 0 Å². The van der Waals surface area contributed by atoms with Crippen molar-refractivity contribution >= 4 is 17.5 Å². The summed E-state index contributed by atoms with van der Waals surface area (Å²) in [7, 11) is 0. The molecule has 0 atom stereocenters. The van der Waals surface area contributed by atoms with Gasteiger partial charge in [0.1, 0.15) is 11.5 Å². The van der Waals surface area contributed by atoms with Gasteiger partial charge in [0.25, 0.3) is 5.91 Å². The number of hydrogen-bond acceptors (Lipinski definition) is 3. The van der Waals surface area contributed by atoms with Crippen molar-refractivity contribution in [2.75, 3.05) is 13.2 Å². The first-order chi connectivity index (χ1) is 12.6. The Morgan fingerprint density at radius 1 is 1.00 bits per heavy atom. The highest BCUT2D eigenvalue weighted by Crippen LogP contribution is 2.29. The molecule has 0 heterocycles. The molecule has 2 N–H and O–H groups in total. The molecule has 1 aliphatic rings. The zero-order chi connectivity index (χ0) is 18.4. The summed E-state index contributed by atoms with van der Waals surface area (Å²) in [5, 5.41) is 13.0. The summed E-state index contributed by atoms with van der Waals surface area (Å²) in [6, 6.07) is 13.8. The maximum Gasteiger partial charge on any atom is 0.251 e. The van der Waals surface area contributed by atoms with E-state index >= 15 is 0 Å². The van der Waals surface area contributed by atoms with Crippen LogP contribution in [-0.2, 0) is 0 Å². The summed E-state index contributed by atoms with van der Waals surface area (Å²) in [6.45, 7) is 1.43. The van der Waals surface area contributed by atoms with Gasteiger partial charge in [-0.25, -0.2) is 0 Å². The summed E-state index contributed by atoms with van der Waals surface area (Å²) in [5.74, 6) is 2.02. The molecule has 4 nitrogen and oxygen atoms in total. The number of carbonyl (C=O) groups is 1. The fourth-order valence-electron chi connectivity index (χ4n) is 3.30. The highest BCUT2D eigenvalue weighted by molar-refractivity contribution is 6.30. The number of amides is 1. The fraction of sp³-hybridized carbons (Fsp3) is 0.381. The summed E-state index contributed by atoms with van der Waals surface area (Å²) >= 11 is 5.88. The number of phenols is 1. The van der Waals surface area contributed by atoms with Gasteiger partial charge in [-0.15, -0.1) is 0 Å². The van der Waals surface area contributed by atoms with E-state index in [1.165, 1.54) is 12.1 Å². The molecule has 2 aromatic carbocycles. The second kappa shape index (κ2) is 8.95. The lowest BCUT2D eigenvalue weighted by Gasteiger charge is -2.28. The van der Waals surface area contributed by atoms with E-state index in [1.54, 1.807) is 12.1 Å². The van der Waals surface area contributed by atoms with Crippen molar-refractivity contribution in [3.05, 3.63) is 59.1 Å². The highest BCUT2D eigenvalue weighted by Gasteiger charge is 2.22. The Morgan fingerprint density at radius 2 is 1.62 bits per heavy atom. The molecule has 26 heavy (non-hydrogen) atoms. The number of carbonyl (C=O) groups excluding carboxylic acids is 1. The van der Waals surface area contributed by atoms with Crippen molar-refractivity contribution in [3.63, 3.8) is 0 Å². The van der Waals surface area contributed by atoms with Gasteiger partial charge in [-0.2, -0.15) is 0 Å². The summed E-state index contributed by atoms with van der Waals surface area (Å²) in [4.78, 5) is 12.1. The van der Waals surface area contributed by atoms with E-state index in [0.29, 0.717) is 29.0 Å². The maximum atomic E-state index is 12.1. The molecule has 0 spiro atoms. The maximum absolute atomic E-state index is 12.1. The van der Waals surface area contributed by atoms with Gasteiger partial charge in [0.15, 0.2) is 0 Å². The topological polar surface area (TPSA) is 58.6 Å². The van der Waals surface area contributed by atoms with Crippen molar-refractivity contribution in [1.82, 2.24) is 5.32 Å². The Bertz CT molecular complexity index is 707. The minimum atomic E-state index is -0.0850. The first-order valence-electron chi connectivity index (χ1n) is 9.06. The molecule has 0 aromatic heterocycles. The Labute approximate surface area is 159 Å². The molecule has 0 aliphatic heterocycles. The molecule has 1 saturated carbocycles. The third-order valence-electron chi connectivity index (χ3n) is 4.95. The molecular weight excluding hydrogens is 350 g/mol. The van der Waals surface area contributed by atoms with Crippen LogP contribution in [0.2, 0.25) is 5.02 Å². The van der Waals surface area contributed by atoms with E-state index in [1.807, 2.05) is 24.3 Å². The van der Waals surface area contributed by atoms with Gasteiger partial charge < -0.3 is 15.2 Å². The fourth-order valence-corrected chi connectivity index (χ4v) is 3.43. The molecular formula is C21H24ClNO3. The first kappa shape index (κ1) is 18.6. The van der Waals surface area contributed by atoms with Gasteiger partial charge in [-0.05, 0) is 86.1 Å². The van der Waals surface area contributed by atoms with Crippen LogP contribution in [0.15, 0.2) is 48.5 Å². The summed E-state index contributed by atoms with van der Waals surface area (Å²) in [6.07, 6.45) is 4.44. The average Bonchev–Trinajstić information content (AvgIpc) is 2.67. The van der Waals surface area contributed by atoms with Gasteiger partial charge in [-0.3, -0.25) is 4.79 Å². The number of rotatable bonds is 6. The van der Waals surface area contributed by atoms with E-state index in [4.69, 9.17) is 16.3 Å². The van der Waals surface area contributed by atoms with Crippen molar-refractivity contribution in [3.8, 4) is 11.5 Å². The Balaban J connectivity index is 1.36. The first-order valence-corrected chi connectivity index (χ1v) is 9.43. The van der Waals surface area contributed by atoms with E-state index in [2.05, 4.69) is 5.32 Å². The monoisotopic (exact) mass is 373 g/mol. The van der Waals surface area contributed by atoms with E-state index in [0.717, 1.165) is 38.0 Å². The molecule has 2 aromatic rings. The SMILES string of the molecule is O=C(NCC1CCC(COc2ccc(Cl)cc2)CC1)c1ccc(O)cc1. The number of benzene rings is 2. The van der Waals surface area contributed by atoms with Crippen molar-refractivity contribution in [2.24, 2.45) is 11.8 Å². The second-order valence-electron chi connectivity index (χ2n) is 6.91. The van der Waals surface area contributed by atoms with Crippen LogP contribution in [0.1, 0.15) is 36.0 Å². The van der Waals surface area contributed by atoms with Gasteiger partial charge >= 0.3 is 0 Å². The van der Waals surface area contributed by atoms with Gasteiger partial charge in [-0.1, -0.05) is 11.6 Å². The number of hydrogen-bond donors (Lipinski definition) is 2. The molecule has 5 heteroatoms. The van der Waals surface area contributed by atoms with E-state index < -0.39 is 0 Å². The van der Waals surface area contributed by atoms with Crippen LogP contribution in [0.5, 0.6) is 11.5 Å².